The molecule has 160 valence electrons. The van der Waals surface area contributed by atoms with Crippen LogP contribution in [-0.2, 0) is 22.6 Å². The molecule has 0 radical (unpaired) electrons. The minimum Gasteiger partial charge on any atom is -0.495 e. The number of nitrogens with one attached hydrogen (secondary N) is 1. The number of ether oxygens (including phenoxy) is 2. The van der Waals surface area contributed by atoms with Gasteiger partial charge in [-0.2, -0.15) is 0 Å². The quantitative estimate of drug-likeness (QED) is 0.446. The van der Waals surface area contributed by atoms with Crippen LogP contribution in [0.4, 0.5) is 5.69 Å². The maximum atomic E-state index is 12.6. The number of anilines is 1. The number of fused-ring (bicyclic) bond motifs is 1. The molecule has 6 nitrogen and oxygen atoms in total. The Morgan fingerprint density at radius 2 is 1.87 bits per heavy atom. The summed E-state index contributed by atoms with van der Waals surface area (Å²) in [6, 6.07) is 17.3. The van der Waals surface area contributed by atoms with Gasteiger partial charge in [0.05, 0.1) is 36.5 Å². The largest absolute Gasteiger partial charge is 0.495 e. The van der Waals surface area contributed by atoms with Crippen molar-refractivity contribution in [3.05, 3.63) is 65.9 Å². The number of thioether (sulfide) groups is 1. The third-order valence-corrected chi connectivity index (χ3v) is 6.03. The molecular formula is C24H25N3O3S. The second-order valence-corrected chi connectivity index (χ2v) is 8.87. The van der Waals surface area contributed by atoms with E-state index >= 15 is 0 Å². The highest BCUT2D eigenvalue weighted by Gasteiger charge is 2.30. The summed E-state index contributed by atoms with van der Waals surface area (Å²) in [6.45, 7) is 4.56. The van der Waals surface area contributed by atoms with Gasteiger partial charge in [0.2, 0.25) is 5.91 Å². The van der Waals surface area contributed by atoms with Crippen LogP contribution in [0.25, 0.3) is 11.4 Å². The van der Waals surface area contributed by atoms with Gasteiger partial charge < -0.3 is 14.8 Å². The minimum absolute atomic E-state index is 0.125. The van der Waals surface area contributed by atoms with Crippen LogP contribution in [0.3, 0.4) is 0 Å². The topological polar surface area (TPSA) is 73.3 Å². The average molecular weight is 436 g/mol. The molecule has 0 unspecified atom stereocenters. The maximum absolute atomic E-state index is 12.6. The molecule has 1 aliphatic heterocycles. The molecule has 1 amide bonds. The Morgan fingerprint density at radius 1 is 1.13 bits per heavy atom. The summed E-state index contributed by atoms with van der Waals surface area (Å²) in [5.41, 5.74) is 3.27. The van der Waals surface area contributed by atoms with Crippen molar-refractivity contribution in [3.63, 3.8) is 0 Å². The van der Waals surface area contributed by atoms with E-state index in [1.807, 2.05) is 54.6 Å². The predicted octanol–water partition coefficient (Wildman–Crippen LogP) is 4.73. The van der Waals surface area contributed by atoms with E-state index in [4.69, 9.17) is 19.4 Å². The van der Waals surface area contributed by atoms with Gasteiger partial charge in [-0.15, -0.1) is 0 Å². The highest BCUT2D eigenvalue weighted by atomic mass is 32.2. The molecule has 4 rings (SSSR count). The van der Waals surface area contributed by atoms with Crippen LogP contribution in [-0.4, -0.2) is 34.3 Å². The Labute approximate surface area is 186 Å². The SMILES string of the molecule is COc1ccccc1NC(=O)CSc1nc(-c2ccccc2)nc2c1COC(C)(C)C2. The van der Waals surface area contributed by atoms with E-state index < -0.39 is 0 Å². The highest BCUT2D eigenvalue weighted by molar-refractivity contribution is 8.00. The first-order chi connectivity index (χ1) is 14.9. The second kappa shape index (κ2) is 9.08. The van der Waals surface area contributed by atoms with E-state index in [9.17, 15) is 4.79 Å². The Balaban J connectivity index is 1.58. The van der Waals surface area contributed by atoms with E-state index in [-0.39, 0.29) is 17.3 Å². The number of carbonyl (C=O) groups excluding carboxylic acids is 1. The number of hydrogen-bond donors (Lipinski definition) is 1. The molecule has 0 atom stereocenters. The Kier molecular flexibility index (Phi) is 6.25. The van der Waals surface area contributed by atoms with Gasteiger partial charge in [0.1, 0.15) is 10.8 Å². The van der Waals surface area contributed by atoms with Crippen molar-refractivity contribution in [3.8, 4) is 17.1 Å². The lowest BCUT2D eigenvalue weighted by Crippen LogP contribution is -2.33. The van der Waals surface area contributed by atoms with Crippen molar-refractivity contribution in [1.82, 2.24) is 9.97 Å². The molecule has 0 spiro atoms. The van der Waals surface area contributed by atoms with Gasteiger partial charge in [0.15, 0.2) is 5.82 Å². The summed E-state index contributed by atoms with van der Waals surface area (Å²) in [6.07, 6.45) is 0.700. The first kappa shape index (κ1) is 21.3. The summed E-state index contributed by atoms with van der Waals surface area (Å²) in [4.78, 5) is 22.2. The van der Waals surface area contributed by atoms with Gasteiger partial charge in [-0.05, 0) is 26.0 Å². The first-order valence-electron chi connectivity index (χ1n) is 10.1. The van der Waals surface area contributed by atoms with E-state index in [1.165, 1.54) is 11.8 Å². The van der Waals surface area contributed by atoms with Crippen LogP contribution in [0.1, 0.15) is 25.1 Å². The van der Waals surface area contributed by atoms with Crippen molar-refractivity contribution in [2.75, 3.05) is 18.2 Å². The van der Waals surface area contributed by atoms with Gasteiger partial charge in [-0.25, -0.2) is 9.97 Å². The number of benzene rings is 2. The molecule has 0 saturated carbocycles. The summed E-state index contributed by atoms with van der Waals surface area (Å²) < 4.78 is 11.3. The molecule has 2 aromatic carbocycles. The third kappa shape index (κ3) is 5.06. The Hall–Kier alpha value is -2.90. The molecule has 1 aromatic heterocycles. The standard InChI is InChI=1S/C24H25N3O3S/c1-24(2)13-19-17(14-30-24)23(27-22(26-19)16-9-5-4-6-10-16)31-15-21(28)25-18-11-7-8-12-20(18)29-3/h4-12H,13-15H2,1-3H3,(H,25,28). The van der Waals surface area contributed by atoms with Crippen LogP contribution in [0.5, 0.6) is 5.75 Å². The highest BCUT2D eigenvalue weighted by Crippen LogP contribution is 2.34. The zero-order chi connectivity index (χ0) is 21.8. The normalized spacial score (nSPS) is 14.5. The lowest BCUT2D eigenvalue weighted by Gasteiger charge is -2.32. The molecule has 7 heteroatoms. The number of rotatable bonds is 6. The maximum Gasteiger partial charge on any atom is 0.234 e. The summed E-state index contributed by atoms with van der Waals surface area (Å²) >= 11 is 1.40. The first-order valence-corrected chi connectivity index (χ1v) is 11.1. The van der Waals surface area contributed by atoms with Crippen molar-refractivity contribution >= 4 is 23.4 Å². The molecule has 0 aliphatic carbocycles. The van der Waals surface area contributed by atoms with E-state index in [1.54, 1.807) is 7.11 Å². The number of nitrogens with zero attached hydrogens (tertiary/aromatic N) is 2. The Morgan fingerprint density at radius 3 is 2.65 bits per heavy atom. The van der Waals surface area contributed by atoms with Crippen molar-refractivity contribution in [1.29, 1.82) is 0 Å². The number of amides is 1. The molecule has 31 heavy (non-hydrogen) atoms. The third-order valence-electron chi connectivity index (χ3n) is 5.01. The molecule has 0 fully saturated rings. The van der Waals surface area contributed by atoms with Crippen molar-refractivity contribution in [2.45, 2.75) is 37.5 Å². The Bertz CT molecular complexity index is 1090. The molecule has 1 N–H and O–H groups in total. The fourth-order valence-electron chi connectivity index (χ4n) is 3.42. The number of para-hydroxylation sites is 2. The number of methoxy groups -OCH3 is 1. The number of carbonyl (C=O) groups is 1. The van der Waals surface area contributed by atoms with Crippen LogP contribution in [0.15, 0.2) is 59.6 Å². The van der Waals surface area contributed by atoms with Crippen LogP contribution < -0.4 is 10.1 Å². The lowest BCUT2D eigenvalue weighted by atomic mass is 9.96. The van der Waals surface area contributed by atoms with Gasteiger partial charge in [-0.1, -0.05) is 54.2 Å². The molecule has 1 aliphatic rings. The van der Waals surface area contributed by atoms with Gasteiger partial charge in [0.25, 0.3) is 0 Å². The monoisotopic (exact) mass is 435 g/mol. The van der Waals surface area contributed by atoms with E-state index in [0.29, 0.717) is 30.3 Å². The average Bonchev–Trinajstić information content (AvgIpc) is 2.77. The number of hydrogen-bond acceptors (Lipinski definition) is 6. The molecule has 3 aromatic rings. The van der Waals surface area contributed by atoms with Gasteiger partial charge in [0, 0.05) is 17.5 Å². The summed E-state index contributed by atoms with van der Waals surface area (Å²) in [7, 11) is 1.58. The molecule has 0 bridgehead atoms. The zero-order valence-corrected chi connectivity index (χ0v) is 18.7. The van der Waals surface area contributed by atoms with Crippen molar-refractivity contribution < 1.29 is 14.3 Å². The van der Waals surface area contributed by atoms with E-state index in [2.05, 4.69) is 19.2 Å². The molecular weight excluding hydrogens is 410 g/mol. The van der Waals surface area contributed by atoms with E-state index in [0.717, 1.165) is 21.8 Å². The van der Waals surface area contributed by atoms with Crippen molar-refractivity contribution in [2.24, 2.45) is 0 Å². The minimum atomic E-state index is -0.279. The van der Waals surface area contributed by atoms with Gasteiger partial charge in [-0.3, -0.25) is 4.79 Å². The fourth-order valence-corrected chi connectivity index (χ4v) is 4.27. The summed E-state index contributed by atoms with van der Waals surface area (Å²) in [5.74, 6) is 1.39. The van der Waals surface area contributed by atoms with Crippen LogP contribution in [0, 0.1) is 0 Å². The number of aromatic nitrogens is 2. The zero-order valence-electron chi connectivity index (χ0n) is 17.8. The lowest BCUT2D eigenvalue weighted by molar-refractivity contribution is -0.113. The van der Waals surface area contributed by atoms with Crippen LogP contribution in [0.2, 0.25) is 0 Å². The fraction of sp³-hybridized carbons (Fsp3) is 0.292. The predicted molar refractivity (Wildman–Crippen MR) is 122 cm³/mol. The second-order valence-electron chi connectivity index (χ2n) is 7.91. The molecule has 2 heterocycles. The molecule has 0 saturated heterocycles. The smallest absolute Gasteiger partial charge is 0.234 e. The van der Waals surface area contributed by atoms with Gasteiger partial charge >= 0.3 is 0 Å². The summed E-state index contributed by atoms with van der Waals surface area (Å²) in [5, 5.41) is 3.70. The van der Waals surface area contributed by atoms with Crippen LogP contribution >= 0.6 is 11.8 Å².